The molecule has 0 N–H and O–H groups in total. The lowest BCUT2D eigenvalue weighted by molar-refractivity contribution is -0.135. The third-order valence-corrected chi connectivity index (χ3v) is 7.09. The molecule has 1 atom stereocenters. The van der Waals surface area contributed by atoms with E-state index in [0.29, 0.717) is 43.0 Å². The van der Waals surface area contributed by atoms with Gasteiger partial charge in [-0.25, -0.2) is 0 Å². The number of hydrogen-bond donors (Lipinski definition) is 0. The highest BCUT2D eigenvalue weighted by Crippen LogP contribution is 2.38. The second-order valence-corrected chi connectivity index (χ2v) is 9.29. The number of thioether (sulfide) groups is 1. The van der Waals surface area contributed by atoms with Crippen LogP contribution in [0.25, 0.3) is 11.4 Å². The van der Waals surface area contributed by atoms with E-state index in [1.54, 1.807) is 14.2 Å². The summed E-state index contributed by atoms with van der Waals surface area (Å²) in [5.41, 5.74) is 0.931. The van der Waals surface area contributed by atoms with E-state index in [4.69, 9.17) is 14.2 Å². The molecule has 0 radical (unpaired) electrons. The van der Waals surface area contributed by atoms with Crippen LogP contribution >= 0.6 is 11.8 Å². The van der Waals surface area contributed by atoms with Crippen molar-refractivity contribution >= 4 is 17.7 Å². The third kappa shape index (κ3) is 5.04. The number of amides is 1. The molecule has 2 aromatic rings. The van der Waals surface area contributed by atoms with Crippen molar-refractivity contribution in [1.82, 2.24) is 19.7 Å². The largest absolute Gasteiger partial charge is 0.493 e. The van der Waals surface area contributed by atoms with Gasteiger partial charge in [-0.3, -0.25) is 9.36 Å². The van der Waals surface area contributed by atoms with Crippen molar-refractivity contribution in [3.05, 3.63) is 18.2 Å². The summed E-state index contributed by atoms with van der Waals surface area (Å²) in [7, 11) is 3.26. The molecule has 0 spiro atoms. The van der Waals surface area contributed by atoms with Gasteiger partial charge < -0.3 is 19.1 Å². The summed E-state index contributed by atoms with van der Waals surface area (Å²) in [6.07, 6.45) is 5.94. The summed E-state index contributed by atoms with van der Waals surface area (Å²) < 4.78 is 18.7. The van der Waals surface area contributed by atoms with Gasteiger partial charge in [0.25, 0.3) is 0 Å². The maximum Gasteiger partial charge on any atom is 0.233 e. The van der Waals surface area contributed by atoms with E-state index in [0.717, 1.165) is 29.4 Å². The Morgan fingerprint density at radius 1 is 1.16 bits per heavy atom. The number of nitrogens with zero attached hydrogens (tertiary/aromatic N) is 4. The van der Waals surface area contributed by atoms with Gasteiger partial charge in [0.15, 0.2) is 22.5 Å². The van der Waals surface area contributed by atoms with Crippen LogP contribution in [0.15, 0.2) is 23.4 Å². The van der Waals surface area contributed by atoms with Crippen LogP contribution in [0.3, 0.4) is 0 Å². The molecule has 4 rings (SSSR count). The van der Waals surface area contributed by atoms with Crippen LogP contribution in [0, 0.1) is 0 Å². The number of morpholine rings is 1. The van der Waals surface area contributed by atoms with E-state index < -0.39 is 0 Å². The van der Waals surface area contributed by atoms with Crippen molar-refractivity contribution < 1.29 is 19.0 Å². The smallest absolute Gasteiger partial charge is 0.233 e. The van der Waals surface area contributed by atoms with Gasteiger partial charge in [-0.15, -0.1) is 10.2 Å². The van der Waals surface area contributed by atoms with E-state index in [-0.39, 0.29) is 12.0 Å². The second-order valence-electron chi connectivity index (χ2n) is 8.35. The van der Waals surface area contributed by atoms with Crippen LogP contribution < -0.4 is 9.47 Å². The van der Waals surface area contributed by atoms with Crippen molar-refractivity contribution in [3.63, 3.8) is 0 Å². The van der Waals surface area contributed by atoms with Crippen LogP contribution in [-0.2, 0) is 9.53 Å². The van der Waals surface area contributed by atoms with Crippen LogP contribution in [0.5, 0.6) is 11.5 Å². The number of ether oxygens (including phenoxy) is 3. The number of methoxy groups -OCH3 is 2. The maximum atomic E-state index is 12.8. The molecular formula is C23H32N4O4S. The molecule has 1 aliphatic heterocycles. The van der Waals surface area contributed by atoms with Gasteiger partial charge in [0.2, 0.25) is 5.91 Å². The zero-order valence-corrected chi connectivity index (χ0v) is 19.9. The number of hydrogen-bond acceptors (Lipinski definition) is 7. The fraction of sp³-hybridized carbons (Fsp3) is 0.609. The fourth-order valence-corrected chi connectivity index (χ4v) is 5.39. The first-order chi connectivity index (χ1) is 15.6. The minimum Gasteiger partial charge on any atom is -0.493 e. The molecule has 32 heavy (non-hydrogen) atoms. The molecule has 1 aromatic heterocycles. The van der Waals surface area contributed by atoms with Crippen molar-refractivity contribution in [2.45, 2.75) is 56.3 Å². The first-order valence-corrected chi connectivity index (χ1v) is 12.3. The Kier molecular flexibility index (Phi) is 7.57. The minimum atomic E-state index is 0.0836. The van der Waals surface area contributed by atoms with Gasteiger partial charge in [-0.05, 0) is 38.0 Å². The van der Waals surface area contributed by atoms with Crippen molar-refractivity contribution in [2.75, 3.05) is 39.7 Å². The number of benzene rings is 1. The molecule has 9 heteroatoms. The lowest BCUT2D eigenvalue weighted by atomic mass is 9.95. The van der Waals surface area contributed by atoms with Crippen LogP contribution in [-0.4, -0.2) is 71.3 Å². The highest BCUT2D eigenvalue weighted by Gasteiger charge is 2.26. The zero-order chi connectivity index (χ0) is 22.5. The van der Waals surface area contributed by atoms with Gasteiger partial charge in [-0.1, -0.05) is 31.0 Å². The highest BCUT2D eigenvalue weighted by atomic mass is 32.2. The average molecular weight is 461 g/mol. The lowest BCUT2D eigenvalue weighted by Crippen LogP contribution is -2.45. The average Bonchev–Trinajstić information content (AvgIpc) is 3.26. The first-order valence-electron chi connectivity index (χ1n) is 11.3. The zero-order valence-electron chi connectivity index (χ0n) is 19.1. The summed E-state index contributed by atoms with van der Waals surface area (Å²) in [5.74, 6) is 2.63. The Bertz CT molecular complexity index is 929. The van der Waals surface area contributed by atoms with E-state index in [1.807, 2.05) is 30.0 Å². The molecule has 1 amide bonds. The Balaban J connectivity index is 1.59. The summed E-state index contributed by atoms with van der Waals surface area (Å²) in [6.45, 7) is 3.89. The predicted octanol–water partition coefficient (Wildman–Crippen LogP) is 3.81. The standard InChI is InChI=1S/C23H32N4O4S/c1-16-14-26(11-12-31-16)21(28)15-32-23-25-24-22(27(23)18-7-5-4-6-8-18)17-9-10-19(29-2)20(13-17)30-3/h9-10,13,16,18H,4-8,11-12,14-15H2,1-3H3. The third-order valence-electron chi connectivity index (χ3n) is 6.16. The van der Waals surface area contributed by atoms with Gasteiger partial charge in [0.1, 0.15) is 0 Å². The predicted molar refractivity (Wildman–Crippen MR) is 123 cm³/mol. The van der Waals surface area contributed by atoms with E-state index >= 15 is 0 Å². The molecular weight excluding hydrogens is 428 g/mol. The molecule has 2 fully saturated rings. The molecule has 1 aliphatic carbocycles. The molecule has 1 unspecified atom stereocenters. The number of carbonyl (C=O) groups is 1. The Morgan fingerprint density at radius 3 is 2.66 bits per heavy atom. The van der Waals surface area contributed by atoms with E-state index in [9.17, 15) is 4.79 Å². The molecule has 174 valence electrons. The quantitative estimate of drug-likeness (QED) is 0.582. The topological polar surface area (TPSA) is 78.7 Å². The molecule has 2 heterocycles. The van der Waals surface area contributed by atoms with Crippen LogP contribution in [0.1, 0.15) is 45.1 Å². The van der Waals surface area contributed by atoms with Gasteiger partial charge >= 0.3 is 0 Å². The summed E-state index contributed by atoms with van der Waals surface area (Å²) in [4.78, 5) is 14.7. The lowest BCUT2D eigenvalue weighted by Gasteiger charge is -2.31. The normalized spacial score (nSPS) is 19.7. The Morgan fingerprint density at radius 2 is 1.94 bits per heavy atom. The van der Waals surface area contributed by atoms with Gasteiger partial charge in [0.05, 0.1) is 32.7 Å². The summed E-state index contributed by atoms with van der Waals surface area (Å²) in [5, 5.41) is 9.85. The monoisotopic (exact) mass is 460 g/mol. The van der Waals surface area contributed by atoms with Crippen LogP contribution in [0.2, 0.25) is 0 Å². The fourth-order valence-electron chi connectivity index (χ4n) is 4.48. The number of aromatic nitrogens is 3. The summed E-state index contributed by atoms with van der Waals surface area (Å²) >= 11 is 1.48. The van der Waals surface area contributed by atoms with E-state index in [2.05, 4.69) is 14.8 Å². The molecule has 8 nitrogen and oxygen atoms in total. The van der Waals surface area contributed by atoms with Gasteiger partial charge in [0, 0.05) is 24.7 Å². The molecule has 1 saturated carbocycles. The SMILES string of the molecule is COc1ccc(-c2nnc(SCC(=O)N3CCOC(C)C3)n2C2CCCCC2)cc1OC. The highest BCUT2D eigenvalue weighted by molar-refractivity contribution is 7.99. The minimum absolute atomic E-state index is 0.0836. The number of carbonyl (C=O) groups excluding carboxylic acids is 1. The molecule has 1 aromatic carbocycles. The molecule has 1 saturated heterocycles. The maximum absolute atomic E-state index is 12.8. The van der Waals surface area contributed by atoms with Crippen molar-refractivity contribution in [2.24, 2.45) is 0 Å². The number of rotatable bonds is 7. The Labute approximate surface area is 193 Å². The van der Waals surface area contributed by atoms with Crippen LogP contribution in [0.4, 0.5) is 0 Å². The van der Waals surface area contributed by atoms with Gasteiger partial charge in [-0.2, -0.15) is 0 Å². The molecule has 0 bridgehead atoms. The summed E-state index contributed by atoms with van der Waals surface area (Å²) in [6, 6.07) is 6.16. The van der Waals surface area contributed by atoms with Crippen molar-refractivity contribution in [1.29, 1.82) is 0 Å². The molecule has 2 aliphatic rings. The second kappa shape index (κ2) is 10.6. The van der Waals surface area contributed by atoms with E-state index in [1.165, 1.54) is 31.0 Å². The van der Waals surface area contributed by atoms with Crippen molar-refractivity contribution in [3.8, 4) is 22.9 Å². The first kappa shape index (κ1) is 22.9. The Hall–Kier alpha value is -2.26.